The van der Waals surface area contributed by atoms with Crippen LogP contribution in [-0.2, 0) is 4.74 Å². The molecule has 0 saturated carbocycles. The first-order valence-electron chi connectivity index (χ1n) is 9.07. The summed E-state index contributed by atoms with van der Waals surface area (Å²) < 4.78 is 16.4. The Balaban J connectivity index is 1.88. The predicted octanol–water partition coefficient (Wildman–Crippen LogP) is 4.53. The third-order valence-electron chi connectivity index (χ3n) is 3.68. The van der Waals surface area contributed by atoms with Crippen LogP contribution in [0.3, 0.4) is 0 Å². The molecule has 0 saturated heterocycles. The Bertz CT molecular complexity index is 670. The number of anilines is 1. The first kappa shape index (κ1) is 19.8. The predicted molar refractivity (Wildman–Crippen MR) is 103 cm³/mol. The monoisotopic (exact) mass is 357 g/mol. The van der Waals surface area contributed by atoms with Crippen molar-refractivity contribution in [3.63, 3.8) is 0 Å². The van der Waals surface area contributed by atoms with E-state index in [2.05, 4.69) is 12.2 Å². The molecule has 2 rings (SSSR count). The molecule has 0 radical (unpaired) electrons. The zero-order valence-corrected chi connectivity index (χ0v) is 15.5. The number of benzene rings is 2. The number of amides is 1. The second kappa shape index (κ2) is 11.2. The highest BCUT2D eigenvalue weighted by Gasteiger charge is 2.07. The van der Waals surface area contributed by atoms with E-state index in [1.807, 2.05) is 31.2 Å². The highest BCUT2D eigenvalue weighted by atomic mass is 16.5. The summed E-state index contributed by atoms with van der Waals surface area (Å²) in [5, 5.41) is 2.89. The largest absolute Gasteiger partial charge is 0.494 e. The number of carbonyl (C=O) groups excluding carboxylic acids is 1. The maximum Gasteiger partial charge on any atom is 0.255 e. The van der Waals surface area contributed by atoms with Gasteiger partial charge in [0.25, 0.3) is 5.91 Å². The Labute approximate surface area is 155 Å². The van der Waals surface area contributed by atoms with Gasteiger partial charge in [0, 0.05) is 23.9 Å². The van der Waals surface area contributed by atoms with Gasteiger partial charge in [0.15, 0.2) is 0 Å². The maximum absolute atomic E-state index is 12.4. The molecule has 140 valence electrons. The van der Waals surface area contributed by atoms with Gasteiger partial charge in [-0.05, 0) is 49.7 Å². The molecule has 0 heterocycles. The van der Waals surface area contributed by atoms with Gasteiger partial charge in [-0.3, -0.25) is 4.79 Å². The Morgan fingerprint density at radius 1 is 0.923 bits per heavy atom. The molecule has 0 aromatic heterocycles. The van der Waals surface area contributed by atoms with Crippen molar-refractivity contribution in [1.29, 1.82) is 0 Å². The zero-order chi connectivity index (χ0) is 18.6. The van der Waals surface area contributed by atoms with Gasteiger partial charge in [-0.15, -0.1) is 0 Å². The van der Waals surface area contributed by atoms with Crippen LogP contribution in [0.4, 0.5) is 5.69 Å². The van der Waals surface area contributed by atoms with E-state index in [4.69, 9.17) is 14.2 Å². The average molecular weight is 357 g/mol. The molecule has 5 heteroatoms. The minimum atomic E-state index is -0.170. The van der Waals surface area contributed by atoms with Crippen LogP contribution in [0.2, 0.25) is 0 Å². The van der Waals surface area contributed by atoms with Crippen molar-refractivity contribution in [3.05, 3.63) is 54.1 Å². The summed E-state index contributed by atoms with van der Waals surface area (Å²) in [6.07, 6.45) is 2.09. The number of rotatable bonds is 11. The summed E-state index contributed by atoms with van der Waals surface area (Å²) in [6, 6.07) is 14.5. The molecule has 5 nitrogen and oxygen atoms in total. The summed E-state index contributed by atoms with van der Waals surface area (Å²) in [6.45, 7) is 6.46. The molecule has 2 aromatic carbocycles. The molecule has 0 aliphatic carbocycles. The van der Waals surface area contributed by atoms with Crippen molar-refractivity contribution >= 4 is 11.6 Å². The molecule has 0 aliphatic rings. The van der Waals surface area contributed by atoms with Crippen LogP contribution >= 0.6 is 0 Å². The maximum atomic E-state index is 12.4. The van der Waals surface area contributed by atoms with Gasteiger partial charge in [0.1, 0.15) is 18.1 Å². The topological polar surface area (TPSA) is 56.8 Å². The second-order valence-electron chi connectivity index (χ2n) is 5.75. The van der Waals surface area contributed by atoms with Gasteiger partial charge in [0.2, 0.25) is 0 Å². The fourth-order valence-electron chi connectivity index (χ4n) is 2.27. The molecule has 0 spiro atoms. The minimum Gasteiger partial charge on any atom is -0.494 e. The molecule has 0 atom stereocenters. The molecule has 2 aromatic rings. The molecular weight excluding hydrogens is 330 g/mol. The molecule has 1 N–H and O–H groups in total. The van der Waals surface area contributed by atoms with Gasteiger partial charge in [-0.2, -0.15) is 0 Å². The van der Waals surface area contributed by atoms with Crippen LogP contribution in [0.5, 0.6) is 11.5 Å². The van der Waals surface area contributed by atoms with Crippen molar-refractivity contribution in [2.45, 2.75) is 26.7 Å². The van der Waals surface area contributed by atoms with Gasteiger partial charge in [-0.1, -0.05) is 19.4 Å². The van der Waals surface area contributed by atoms with Crippen LogP contribution in [0.15, 0.2) is 48.5 Å². The lowest BCUT2D eigenvalue weighted by atomic mass is 10.2. The van der Waals surface area contributed by atoms with Crippen LogP contribution in [0.1, 0.15) is 37.0 Å². The summed E-state index contributed by atoms with van der Waals surface area (Å²) >= 11 is 0. The Morgan fingerprint density at radius 3 is 2.42 bits per heavy atom. The van der Waals surface area contributed by atoms with Crippen LogP contribution in [0.25, 0.3) is 0 Å². The van der Waals surface area contributed by atoms with Gasteiger partial charge in [0.05, 0.1) is 13.2 Å². The van der Waals surface area contributed by atoms with Crippen molar-refractivity contribution in [1.82, 2.24) is 0 Å². The van der Waals surface area contributed by atoms with E-state index in [-0.39, 0.29) is 5.91 Å². The Morgan fingerprint density at radius 2 is 1.69 bits per heavy atom. The van der Waals surface area contributed by atoms with E-state index in [9.17, 15) is 4.79 Å². The van der Waals surface area contributed by atoms with Crippen molar-refractivity contribution < 1.29 is 19.0 Å². The highest BCUT2D eigenvalue weighted by Crippen LogP contribution is 2.19. The molecule has 0 aliphatic heterocycles. The summed E-state index contributed by atoms with van der Waals surface area (Å²) in [5.41, 5.74) is 1.28. The number of ether oxygens (including phenoxy) is 3. The number of nitrogens with one attached hydrogen (secondary N) is 1. The molecule has 0 bridgehead atoms. The second-order valence-corrected chi connectivity index (χ2v) is 5.75. The van der Waals surface area contributed by atoms with E-state index in [1.54, 1.807) is 24.3 Å². The third-order valence-corrected chi connectivity index (χ3v) is 3.68. The minimum absolute atomic E-state index is 0.170. The average Bonchev–Trinajstić information content (AvgIpc) is 2.66. The van der Waals surface area contributed by atoms with Gasteiger partial charge < -0.3 is 19.5 Å². The van der Waals surface area contributed by atoms with Crippen LogP contribution < -0.4 is 14.8 Å². The summed E-state index contributed by atoms with van der Waals surface area (Å²) in [4.78, 5) is 12.4. The Kier molecular flexibility index (Phi) is 8.49. The lowest BCUT2D eigenvalue weighted by Crippen LogP contribution is -2.12. The van der Waals surface area contributed by atoms with E-state index in [0.717, 1.165) is 18.6 Å². The van der Waals surface area contributed by atoms with Crippen molar-refractivity contribution in [2.24, 2.45) is 0 Å². The quantitative estimate of drug-likeness (QED) is 0.600. The smallest absolute Gasteiger partial charge is 0.255 e. The van der Waals surface area contributed by atoms with Crippen LogP contribution in [-0.4, -0.2) is 32.3 Å². The fourth-order valence-corrected chi connectivity index (χ4v) is 2.27. The SMILES string of the molecule is CCCCOc1cccc(NC(=O)c2ccc(OCCOCC)cc2)c1. The highest BCUT2D eigenvalue weighted by molar-refractivity contribution is 6.04. The lowest BCUT2D eigenvalue weighted by molar-refractivity contribution is 0.102. The van der Waals surface area contributed by atoms with E-state index >= 15 is 0 Å². The summed E-state index contributed by atoms with van der Waals surface area (Å²) in [7, 11) is 0. The van der Waals surface area contributed by atoms with Crippen LogP contribution in [0, 0.1) is 0 Å². The van der Waals surface area contributed by atoms with Gasteiger partial charge >= 0.3 is 0 Å². The zero-order valence-electron chi connectivity index (χ0n) is 15.5. The first-order chi connectivity index (χ1) is 12.7. The van der Waals surface area contributed by atoms with E-state index in [1.165, 1.54) is 0 Å². The Hall–Kier alpha value is -2.53. The van der Waals surface area contributed by atoms with E-state index < -0.39 is 0 Å². The molecule has 1 amide bonds. The normalized spacial score (nSPS) is 10.4. The third kappa shape index (κ3) is 6.76. The number of unbranched alkanes of at least 4 members (excludes halogenated alkanes) is 1. The number of carbonyl (C=O) groups is 1. The van der Waals surface area contributed by atoms with Crippen molar-refractivity contribution in [3.8, 4) is 11.5 Å². The van der Waals surface area contributed by atoms with Gasteiger partial charge in [-0.25, -0.2) is 0 Å². The summed E-state index contributed by atoms with van der Waals surface area (Å²) in [5.74, 6) is 1.30. The van der Waals surface area contributed by atoms with Crippen molar-refractivity contribution in [2.75, 3.05) is 31.7 Å². The molecule has 0 fully saturated rings. The molecule has 26 heavy (non-hydrogen) atoms. The number of hydrogen-bond acceptors (Lipinski definition) is 4. The number of hydrogen-bond donors (Lipinski definition) is 1. The molecule has 0 unspecified atom stereocenters. The standard InChI is InChI=1S/C21H27NO4/c1-3-5-13-25-20-8-6-7-18(16-20)22-21(23)17-9-11-19(12-10-17)26-15-14-24-4-2/h6-12,16H,3-5,13-15H2,1-2H3,(H,22,23). The molecular formula is C21H27NO4. The lowest BCUT2D eigenvalue weighted by Gasteiger charge is -2.10. The first-order valence-corrected chi connectivity index (χ1v) is 9.07. The fraction of sp³-hybridized carbons (Fsp3) is 0.381. The van der Waals surface area contributed by atoms with E-state index in [0.29, 0.717) is 43.4 Å².